The number of hydrazone groups is 1. The van der Waals surface area contributed by atoms with Crippen LogP contribution in [-0.4, -0.2) is 29.4 Å². The Morgan fingerprint density at radius 2 is 1.71 bits per heavy atom. The SMILES string of the molecule is COc1ccc(-c2cc(C(=O)N/N=C/c3cccc(Oc4ccccc4)c3)[nH]n2)cc1. The Balaban J connectivity index is 1.37. The predicted molar refractivity (Wildman–Crippen MR) is 119 cm³/mol. The van der Waals surface area contributed by atoms with Crippen LogP contribution in [0.3, 0.4) is 0 Å². The molecule has 4 rings (SSSR count). The van der Waals surface area contributed by atoms with E-state index in [0.717, 1.165) is 22.6 Å². The van der Waals surface area contributed by atoms with Crippen molar-refractivity contribution in [3.05, 3.63) is 96.2 Å². The van der Waals surface area contributed by atoms with E-state index in [1.165, 1.54) is 0 Å². The summed E-state index contributed by atoms with van der Waals surface area (Å²) in [6.45, 7) is 0. The molecule has 0 radical (unpaired) electrons. The van der Waals surface area contributed by atoms with Gasteiger partial charge in [0.2, 0.25) is 0 Å². The van der Waals surface area contributed by atoms with Gasteiger partial charge in [0, 0.05) is 5.56 Å². The first-order valence-electron chi connectivity index (χ1n) is 9.57. The third-order valence-electron chi connectivity index (χ3n) is 4.42. The maximum atomic E-state index is 12.3. The molecular weight excluding hydrogens is 392 g/mol. The molecule has 3 aromatic carbocycles. The molecule has 4 aromatic rings. The minimum atomic E-state index is -0.389. The third kappa shape index (κ3) is 5.16. The molecule has 31 heavy (non-hydrogen) atoms. The number of aromatic nitrogens is 2. The topological polar surface area (TPSA) is 88.6 Å². The van der Waals surface area contributed by atoms with Gasteiger partial charge in [-0.3, -0.25) is 9.89 Å². The number of nitrogens with zero attached hydrogens (tertiary/aromatic N) is 2. The fourth-order valence-electron chi connectivity index (χ4n) is 2.86. The summed E-state index contributed by atoms with van der Waals surface area (Å²) in [6, 6.07) is 26.0. The Hall–Kier alpha value is -4.39. The fraction of sp³-hybridized carbons (Fsp3) is 0.0417. The third-order valence-corrected chi connectivity index (χ3v) is 4.42. The molecule has 0 atom stereocenters. The fourth-order valence-corrected chi connectivity index (χ4v) is 2.86. The average molecular weight is 412 g/mol. The van der Waals surface area contributed by atoms with Gasteiger partial charge in [-0.2, -0.15) is 10.2 Å². The van der Waals surface area contributed by atoms with Gasteiger partial charge in [0.15, 0.2) is 0 Å². The molecule has 0 spiro atoms. The van der Waals surface area contributed by atoms with Crippen LogP contribution < -0.4 is 14.9 Å². The van der Waals surface area contributed by atoms with Crippen LogP contribution in [0.15, 0.2) is 90.0 Å². The Labute approximate surface area is 179 Å². The summed E-state index contributed by atoms with van der Waals surface area (Å²) in [4.78, 5) is 12.3. The highest BCUT2D eigenvalue weighted by atomic mass is 16.5. The van der Waals surface area contributed by atoms with Crippen molar-refractivity contribution in [1.29, 1.82) is 0 Å². The first-order chi connectivity index (χ1) is 15.2. The van der Waals surface area contributed by atoms with E-state index in [1.54, 1.807) is 19.4 Å². The summed E-state index contributed by atoms with van der Waals surface area (Å²) < 4.78 is 11.0. The van der Waals surface area contributed by atoms with Crippen LogP contribution in [0.1, 0.15) is 16.1 Å². The van der Waals surface area contributed by atoms with Crippen LogP contribution in [0.25, 0.3) is 11.3 Å². The van der Waals surface area contributed by atoms with Gasteiger partial charge in [0.05, 0.1) is 19.0 Å². The number of aromatic amines is 1. The first kappa shape index (κ1) is 19.9. The number of methoxy groups -OCH3 is 1. The molecule has 0 aliphatic rings. The largest absolute Gasteiger partial charge is 0.497 e. The number of nitrogens with one attached hydrogen (secondary N) is 2. The van der Waals surface area contributed by atoms with Crippen LogP contribution in [0, 0.1) is 0 Å². The monoisotopic (exact) mass is 412 g/mol. The molecule has 2 N–H and O–H groups in total. The van der Waals surface area contributed by atoms with Gasteiger partial charge in [-0.1, -0.05) is 30.3 Å². The molecule has 0 fully saturated rings. The lowest BCUT2D eigenvalue weighted by Gasteiger charge is -2.05. The minimum absolute atomic E-state index is 0.309. The van der Waals surface area contributed by atoms with Crippen LogP contribution >= 0.6 is 0 Å². The van der Waals surface area contributed by atoms with Gasteiger partial charge in [0.25, 0.3) is 5.91 Å². The normalized spacial score (nSPS) is 10.7. The van der Waals surface area contributed by atoms with Crippen LogP contribution in [0.4, 0.5) is 0 Å². The van der Waals surface area contributed by atoms with E-state index in [1.807, 2.05) is 78.9 Å². The highest BCUT2D eigenvalue weighted by molar-refractivity contribution is 5.94. The number of H-pyrrole nitrogens is 1. The number of rotatable bonds is 7. The standard InChI is InChI=1S/C24H20N4O3/c1-30-19-12-10-18(11-13-19)22-15-23(27-26-22)24(29)28-25-16-17-6-5-9-21(14-17)31-20-7-3-2-4-8-20/h2-16H,1H3,(H,26,27)(H,28,29)/b25-16+. The molecule has 0 saturated heterocycles. The number of ether oxygens (including phenoxy) is 2. The Morgan fingerprint density at radius 3 is 2.48 bits per heavy atom. The summed E-state index contributed by atoms with van der Waals surface area (Å²) in [5.74, 6) is 1.79. The van der Waals surface area contributed by atoms with Crippen molar-refractivity contribution >= 4 is 12.1 Å². The van der Waals surface area contributed by atoms with Crippen molar-refractivity contribution in [2.45, 2.75) is 0 Å². The van der Waals surface area contributed by atoms with Gasteiger partial charge in [-0.25, -0.2) is 5.43 Å². The molecular formula is C24H20N4O3. The lowest BCUT2D eigenvalue weighted by Crippen LogP contribution is -2.18. The number of benzene rings is 3. The second-order valence-corrected chi connectivity index (χ2v) is 6.58. The summed E-state index contributed by atoms with van der Waals surface area (Å²) in [6.07, 6.45) is 1.55. The zero-order valence-corrected chi connectivity index (χ0v) is 16.8. The second kappa shape index (κ2) is 9.41. The van der Waals surface area contributed by atoms with Gasteiger partial charge in [-0.15, -0.1) is 0 Å². The highest BCUT2D eigenvalue weighted by Crippen LogP contribution is 2.22. The van der Waals surface area contributed by atoms with E-state index in [-0.39, 0.29) is 5.91 Å². The predicted octanol–water partition coefficient (Wildman–Crippen LogP) is 4.64. The molecule has 154 valence electrons. The number of hydrogen-bond donors (Lipinski definition) is 2. The van der Waals surface area contributed by atoms with Crippen molar-refractivity contribution in [3.63, 3.8) is 0 Å². The van der Waals surface area contributed by atoms with Crippen molar-refractivity contribution in [3.8, 4) is 28.5 Å². The van der Waals surface area contributed by atoms with Crippen LogP contribution in [0.2, 0.25) is 0 Å². The zero-order chi connectivity index (χ0) is 21.5. The Morgan fingerprint density at radius 1 is 0.935 bits per heavy atom. The lowest BCUT2D eigenvalue weighted by molar-refractivity contribution is 0.0950. The quantitative estimate of drug-likeness (QED) is 0.342. The van der Waals surface area contributed by atoms with Gasteiger partial charge >= 0.3 is 0 Å². The number of para-hydroxylation sites is 1. The van der Waals surface area contributed by atoms with E-state index in [4.69, 9.17) is 9.47 Å². The van der Waals surface area contributed by atoms with E-state index in [2.05, 4.69) is 20.7 Å². The molecule has 0 aliphatic carbocycles. The van der Waals surface area contributed by atoms with Crippen LogP contribution in [-0.2, 0) is 0 Å². The van der Waals surface area contributed by atoms with Crippen molar-refractivity contribution in [2.24, 2.45) is 5.10 Å². The minimum Gasteiger partial charge on any atom is -0.497 e. The van der Waals surface area contributed by atoms with Crippen molar-refractivity contribution < 1.29 is 14.3 Å². The molecule has 1 heterocycles. The maximum absolute atomic E-state index is 12.3. The van der Waals surface area contributed by atoms with E-state index >= 15 is 0 Å². The number of amides is 1. The molecule has 1 amide bonds. The smallest absolute Gasteiger partial charge is 0.289 e. The molecule has 1 aromatic heterocycles. The summed E-state index contributed by atoms with van der Waals surface area (Å²) >= 11 is 0. The van der Waals surface area contributed by atoms with E-state index in [0.29, 0.717) is 17.1 Å². The second-order valence-electron chi connectivity index (χ2n) is 6.58. The molecule has 7 nitrogen and oxygen atoms in total. The molecule has 7 heteroatoms. The summed E-state index contributed by atoms with van der Waals surface area (Å²) in [7, 11) is 1.61. The lowest BCUT2D eigenvalue weighted by atomic mass is 10.1. The first-order valence-corrected chi connectivity index (χ1v) is 9.57. The van der Waals surface area contributed by atoms with Crippen molar-refractivity contribution in [2.75, 3.05) is 7.11 Å². The van der Waals surface area contributed by atoms with Crippen LogP contribution in [0.5, 0.6) is 17.2 Å². The van der Waals surface area contributed by atoms with Gasteiger partial charge in [-0.05, 0) is 60.2 Å². The Bertz CT molecular complexity index is 1180. The molecule has 0 saturated carbocycles. The maximum Gasteiger partial charge on any atom is 0.289 e. The Kier molecular flexibility index (Phi) is 6.04. The van der Waals surface area contributed by atoms with Gasteiger partial charge in [0.1, 0.15) is 22.9 Å². The van der Waals surface area contributed by atoms with E-state index in [9.17, 15) is 4.79 Å². The highest BCUT2D eigenvalue weighted by Gasteiger charge is 2.10. The number of carbonyl (C=O) groups excluding carboxylic acids is 1. The number of hydrogen-bond acceptors (Lipinski definition) is 5. The average Bonchev–Trinajstić information content (AvgIpc) is 3.31. The van der Waals surface area contributed by atoms with Gasteiger partial charge < -0.3 is 9.47 Å². The zero-order valence-electron chi connectivity index (χ0n) is 16.8. The molecule has 0 bridgehead atoms. The van der Waals surface area contributed by atoms with E-state index < -0.39 is 0 Å². The molecule has 0 aliphatic heterocycles. The summed E-state index contributed by atoms with van der Waals surface area (Å²) in [5, 5.41) is 10.9. The van der Waals surface area contributed by atoms with Crippen molar-refractivity contribution in [1.82, 2.24) is 15.6 Å². The molecule has 0 unspecified atom stereocenters. The summed E-state index contributed by atoms with van der Waals surface area (Å²) in [5.41, 5.74) is 5.12. The number of carbonyl (C=O) groups is 1.